The Bertz CT molecular complexity index is 339. The van der Waals surface area contributed by atoms with Gasteiger partial charge in [0, 0.05) is 22.8 Å². The van der Waals surface area contributed by atoms with Crippen LogP contribution < -0.4 is 11.1 Å². The van der Waals surface area contributed by atoms with Crippen molar-refractivity contribution in [2.24, 2.45) is 5.73 Å². The minimum Gasteiger partial charge on any atom is -0.361 e. The van der Waals surface area contributed by atoms with Crippen LogP contribution in [0.25, 0.3) is 0 Å². The number of anilines is 1. The molecule has 3 N–H and O–H groups in total. The molecule has 0 saturated carbocycles. The van der Waals surface area contributed by atoms with E-state index in [0.717, 1.165) is 6.42 Å². The zero-order valence-corrected chi connectivity index (χ0v) is 10.4. The van der Waals surface area contributed by atoms with E-state index in [2.05, 4.69) is 26.2 Å². The van der Waals surface area contributed by atoms with Crippen LogP contribution in [0.15, 0.2) is 16.7 Å². The number of halogens is 2. The molecule has 15 heavy (non-hydrogen) atoms. The van der Waals surface area contributed by atoms with Crippen molar-refractivity contribution in [1.82, 2.24) is 4.98 Å². The third-order valence-corrected chi connectivity index (χ3v) is 2.89. The quantitative estimate of drug-likeness (QED) is 0.888. The topological polar surface area (TPSA) is 50.9 Å². The van der Waals surface area contributed by atoms with Gasteiger partial charge in [0.15, 0.2) is 11.6 Å². The number of nitrogens with zero attached hydrogens (tertiary/aromatic N) is 1. The number of nitrogens with one attached hydrogen (secondary N) is 1. The first-order valence-corrected chi connectivity index (χ1v) is 5.59. The molecule has 0 aliphatic carbocycles. The molecule has 0 aliphatic rings. The third-order valence-electron chi connectivity index (χ3n) is 2.46. The number of rotatable bonds is 4. The van der Waals surface area contributed by atoms with E-state index >= 15 is 0 Å². The van der Waals surface area contributed by atoms with Crippen molar-refractivity contribution in [3.8, 4) is 0 Å². The van der Waals surface area contributed by atoms with E-state index in [0.29, 0.717) is 11.0 Å². The minimum atomic E-state index is -0.377. The summed E-state index contributed by atoms with van der Waals surface area (Å²) in [4.78, 5) is 3.97. The summed E-state index contributed by atoms with van der Waals surface area (Å²) in [5, 5.41) is 3.02. The Morgan fingerprint density at radius 2 is 2.33 bits per heavy atom. The molecule has 0 spiro atoms. The largest absolute Gasteiger partial charge is 0.361 e. The molecule has 1 aromatic heterocycles. The van der Waals surface area contributed by atoms with Crippen LogP contribution in [0, 0.1) is 5.82 Å². The summed E-state index contributed by atoms with van der Waals surface area (Å²) < 4.78 is 14.1. The van der Waals surface area contributed by atoms with Crippen LogP contribution in [0.1, 0.15) is 20.3 Å². The molecule has 3 nitrogen and oxygen atoms in total. The molecule has 0 aromatic carbocycles. The van der Waals surface area contributed by atoms with Gasteiger partial charge in [-0.1, -0.05) is 6.92 Å². The molecule has 1 atom stereocenters. The van der Waals surface area contributed by atoms with Crippen molar-refractivity contribution >= 4 is 21.7 Å². The van der Waals surface area contributed by atoms with Crippen molar-refractivity contribution in [3.05, 3.63) is 22.6 Å². The molecule has 5 heteroatoms. The Morgan fingerprint density at radius 1 is 1.67 bits per heavy atom. The van der Waals surface area contributed by atoms with Crippen molar-refractivity contribution < 1.29 is 4.39 Å². The highest BCUT2D eigenvalue weighted by Crippen LogP contribution is 2.20. The van der Waals surface area contributed by atoms with Crippen LogP contribution in [-0.4, -0.2) is 17.1 Å². The summed E-state index contributed by atoms with van der Waals surface area (Å²) in [5.74, 6) is -0.134. The number of hydrogen-bond acceptors (Lipinski definition) is 3. The summed E-state index contributed by atoms with van der Waals surface area (Å²) in [5.41, 5.74) is 5.31. The average molecular weight is 276 g/mol. The lowest BCUT2D eigenvalue weighted by atomic mass is 9.99. The van der Waals surface area contributed by atoms with Gasteiger partial charge in [-0.3, -0.25) is 0 Å². The lowest BCUT2D eigenvalue weighted by Crippen LogP contribution is -2.42. The summed E-state index contributed by atoms with van der Waals surface area (Å²) in [6.45, 7) is 4.37. The molecule has 1 heterocycles. The average Bonchev–Trinajstić information content (AvgIpc) is 2.22. The van der Waals surface area contributed by atoms with Crippen LogP contribution in [0.3, 0.4) is 0 Å². The molecule has 0 amide bonds. The van der Waals surface area contributed by atoms with Gasteiger partial charge < -0.3 is 11.1 Å². The monoisotopic (exact) mass is 275 g/mol. The summed E-state index contributed by atoms with van der Waals surface area (Å²) in [6.07, 6.45) is 2.36. The fraction of sp³-hybridized carbons (Fsp3) is 0.500. The number of nitrogens with two attached hydrogens (primary N) is 1. The molecule has 0 fully saturated rings. The molecular weight excluding hydrogens is 261 g/mol. The van der Waals surface area contributed by atoms with Crippen LogP contribution in [0.4, 0.5) is 10.2 Å². The second-order valence-electron chi connectivity index (χ2n) is 3.73. The first-order chi connectivity index (χ1) is 7.00. The SMILES string of the molecule is CCC(C)(CN)Nc1ncc(Br)cc1F. The molecule has 1 rings (SSSR count). The fourth-order valence-electron chi connectivity index (χ4n) is 1.08. The van der Waals surface area contributed by atoms with E-state index in [4.69, 9.17) is 5.73 Å². The van der Waals surface area contributed by atoms with Gasteiger partial charge in [0.2, 0.25) is 0 Å². The number of aromatic nitrogens is 1. The van der Waals surface area contributed by atoms with E-state index in [1.54, 1.807) is 6.20 Å². The van der Waals surface area contributed by atoms with Crippen molar-refractivity contribution in [3.63, 3.8) is 0 Å². The minimum absolute atomic E-state index is 0.244. The Morgan fingerprint density at radius 3 is 2.80 bits per heavy atom. The van der Waals surface area contributed by atoms with Gasteiger partial charge in [0.05, 0.1) is 0 Å². The zero-order chi connectivity index (χ0) is 11.5. The van der Waals surface area contributed by atoms with Gasteiger partial charge in [-0.2, -0.15) is 0 Å². The summed E-state index contributed by atoms with van der Waals surface area (Å²) in [7, 11) is 0. The highest BCUT2D eigenvalue weighted by atomic mass is 79.9. The smallest absolute Gasteiger partial charge is 0.166 e. The molecule has 1 unspecified atom stereocenters. The predicted octanol–water partition coefficient (Wildman–Crippen LogP) is 2.52. The number of hydrogen-bond donors (Lipinski definition) is 2. The zero-order valence-electron chi connectivity index (χ0n) is 8.85. The van der Waals surface area contributed by atoms with Gasteiger partial charge in [-0.25, -0.2) is 9.37 Å². The van der Waals surface area contributed by atoms with Gasteiger partial charge >= 0.3 is 0 Å². The predicted molar refractivity (Wildman–Crippen MR) is 63.3 cm³/mol. The highest BCUT2D eigenvalue weighted by Gasteiger charge is 2.21. The van der Waals surface area contributed by atoms with Gasteiger partial charge in [-0.15, -0.1) is 0 Å². The lowest BCUT2D eigenvalue weighted by molar-refractivity contribution is 0.497. The van der Waals surface area contributed by atoms with Crippen LogP contribution >= 0.6 is 15.9 Å². The molecule has 0 bridgehead atoms. The molecule has 0 saturated heterocycles. The Hall–Kier alpha value is -0.680. The van der Waals surface area contributed by atoms with Crippen molar-refractivity contribution in [1.29, 1.82) is 0 Å². The Kier molecular flexibility index (Phi) is 4.04. The molecule has 0 aliphatic heterocycles. The summed E-state index contributed by atoms with van der Waals surface area (Å²) in [6, 6.07) is 1.38. The molecule has 0 radical (unpaired) electrons. The lowest BCUT2D eigenvalue weighted by Gasteiger charge is -2.28. The fourth-order valence-corrected chi connectivity index (χ4v) is 1.38. The molecular formula is C10H15BrFN3. The van der Waals surface area contributed by atoms with E-state index < -0.39 is 0 Å². The maximum atomic E-state index is 13.5. The number of pyridine rings is 1. The second-order valence-corrected chi connectivity index (χ2v) is 4.64. The maximum Gasteiger partial charge on any atom is 0.166 e. The van der Waals surface area contributed by atoms with Gasteiger partial charge in [0.25, 0.3) is 0 Å². The van der Waals surface area contributed by atoms with Crippen LogP contribution in [0.5, 0.6) is 0 Å². The normalized spacial score (nSPS) is 14.7. The Labute approximate surface area is 97.4 Å². The standard InChI is InChI=1S/C10H15BrFN3/c1-3-10(2,6-13)15-9-8(12)4-7(11)5-14-9/h4-5H,3,6,13H2,1-2H3,(H,14,15). The van der Waals surface area contributed by atoms with Crippen LogP contribution in [-0.2, 0) is 0 Å². The first kappa shape index (κ1) is 12.4. The van der Waals surface area contributed by atoms with Crippen LogP contribution in [0.2, 0.25) is 0 Å². The molecule has 1 aromatic rings. The van der Waals surface area contributed by atoms with Crippen molar-refractivity contribution in [2.75, 3.05) is 11.9 Å². The molecule has 84 valence electrons. The first-order valence-electron chi connectivity index (χ1n) is 4.80. The van der Waals surface area contributed by atoms with Gasteiger partial charge in [-0.05, 0) is 35.3 Å². The van der Waals surface area contributed by atoms with E-state index in [-0.39, 0.29) is 17.2 Å². The second kappa shape index (κ2) is 4.90. The Balaban J connectivity index is 2.89. The van der Waals surface area contributed by atoms with E-state index in [9.17, 15) is 4.39 Å². The van der Waals surface area contributed by atoms with Gasteiger partial charge in [0.1, 0.15) is 0 Å². The van der Waals surface area contributed by atoms with Crippen molar-refractivity contribution in [2.45, 2.75) is 25.8 Å². The third kappa shape index (κ3) is 3.14. The maximum absolute atomic E-state index is 13.5. The van der Waals surface area contributed by atoms with E-state index in [1.165, 1.54) is 6.07 Å². The summed E-state index contributed by atoms with van der Waals surface area (Å²) >= 11 is 3.16. The van der Waals surface area contributed by atoms with E-state index in [1.807, 2.05) is 13.8 Å². The highest BCUT2D eigenvalue weighted by molar-refractivity contribution is 9.10.